The zero-order valence-corrected chi connectivity index (χ0v) is 9.32. The third kappa shape index (κ3) is 2.71. The molecule has 0 aliphatic heterocycles. The van der Waals surface area contributed by atoms with Crippen molar-refractivity contribution in [2.24, 2.45) is 0 Å². The summed E-state index contributed by atoms with van der Waals surface area (Å²) in [5, 5.41) is 8.96. The molecule has 0 aromatic rings. The lowest BCUT2D eigenvalue weighted by Gasteiger charge is -2.32. The molecule has 2 aliphatic carbocycles. The predicted octanol–water partition coefficient (Wildman–Crippen LogP) is 2.26. The SMILES string of the molecule is O=C(O)CN(C1CCCC1)C1CCCC1. The third-order valence-corrected chi connectivity index (χ3v) is 3.91. The molecule has 15 heavy (non-hydrogen) atoms. The van der Waals surface area contributed by atoms with Crippen molar-refractivity contribution in [1.82, 2.24) is 4.90 Å². The molecule has 0 radical (unpaired) electrons. The van der Waals surface area contributed by atoms with E-state index in [0.29, 0.717) is 12.1 Å². The normalized spacial score (nSPS) is 24.1. The molecule has 86 valence electrons. The molecule has 2 saturated carbocycles. The van der Waals surface area contributed by atoms with Gasteiger partial charge in [-0.3, -0.25) is 9.69 Å². The van der Waals surface area contributed by atoms with Gasteiger partial charge in [-0.2, -0.15) is 0 Å². The van der Waals surface area contributed by atoms with E-state index in [4.69, 9.17) is 5.11 Å². The lowest BCUT2D eigenvalue weighted by Crippen LogP contribution is -2.43. The Morgan fingerprint density at radius 2 is 1.40 bits per heavy atom. The molecule has 0 aromatic heterocycles. The Hall–Kier alpha value is -0.570. The minimum atomic E-state index is -0.659. The standard InChI is InChI=1S/C12H21NO2/c14-12(15)9-13(10-5-1-2-6-10)11-7-3-4-8-11/h10-11H,1-9H2,(H,14,15). The summed E-state index contributed by atoms with van der Waals surface area (Å²) >= 11 is 0. The average Bonchev–Trinajstić information content (AvgIpc) is 2.87. The van der Waals surface area contributed by atoms with Gasteiger partial charge in [-0.05, 0) is 25.7 Å². The van der Waals surface area contributed by atoms with Crippen LogP contribution in [0.1, 0.15) is 51.4 Å². The molecule has 2 rings (SSSR count). The highest BCUT2D eigenvalue weighted by Crippen LogP contribution is 2.31. The van der Waals surface area contributed by atoms with Gasteiger partial charge in [0.15, 0.2) is 0 Å². The van der Waals surface area contributed by atoms with Crippen LogP contribution in [-0.4, -0.2) is 34.6 Å². The molecule has 0 saturated heterocycles. The maximum absolute atomic E-state index is 10.9. The maximum Gasteiger partial charge on any atom is 0.317 e. The smallest absolute Gasteiger partial charge is 0.317 e. The number of carbonyl (C=O) groups is 1. The Labute approximate surface area is 91.5 Å². The van der Waals surface area contributed by atoms with Crippen molar-refractivity contribution < 1.29 is 9.90 Å². The van der Waals surface area contributed by atoms with Crippen LogP contribution >= 0.6 is 0 Å². The van der Waals surface area contributed by atoms with Crippen molar-refractivity contribution in [2.75, 3.05) is 6.54 Å². The monoisotopic (exact) mass is 211 g/mol. The number of hydrogen-bond donors (Lipinski definition) is 1. The highest BCUT2D eigenvalue weighted by atomic mass is 16.4. The van der Waals surface area contributed by atoms with E-state index in [1.807, 2.05) is 0 Å². The lowest BCUT2D eigenvalue weighted by molar-refractivity contribution is -0.139. The minimum Gasteiger partial charge on any atom is -0.480 e. The van der Waals surface area contributed by atoms with E-state index in [-0.39, 0.29) is 6.54 Å². The molecule has 1 N–H and O–H groups in total. The molecule has 0 unspecified atom stereocenters. The van der Waals surface area contributed by atoms with Crippen LogP contribution in [-0.2, 0) is 4.79 Å². The van der Waals surface area contributed by atoms with Gasteiger partial charge in [-0.15, -0.1) is 0 Å². The van der Waals surface area contributed by atoms with E-state index < -0.39 is 5.97 Å². The minimum absolute atomic E-state index is 0.259. The largest absolute Gasteiger partial charge is 0.480 e. The van der Waals surface area contributed by atoms with Gasteiger partial charge >= 0.3 is 5.97 Å². The second-order valence-electron chi connectivity index (χ2n) is 4.94. The highest BCUT2D eigenvalue weighted by molar-refractivity contribution is 5.69. The molecular formula is C12H21NO2. The van der Waals surface area contributed by atoms with Gasteiger partial charge in [0, 0.05) is 12.1 Å². The number of carboxylic acid groups (broad SMARTS) is 1. The van der Waals surface area contributed by atoms with Crippen LogP contribution < -0.4 is 0 Å². The summed E-state index contributed by atoms with van der Waals surface area (Å²) < 4.78 is 0. The molecule has 0 heterocycles. The van der Waals surface area contributed by atoms with Crippen molar-refractivity contribution in [3.05, 3.63) is 0 Å². The lowest BCUT2D eigenvalue weighted by atomic mass is 10.1. The first-order valence-electron chi connectivity index (χ1n) is 6.25. The Kier molecular flexibility index (Phi) is 3.62. The van der Waals surface area contributed by atoms with Gasteiger partial charge in [0.2, 0.25) is 0 Å². The van der Waals surface area contributed by atoms with Crippen molar-refractivity contribution in [3.63, 3.8) is 0 Å². The summed E-state index contributed by atoms with van der Waals surface area (Å²) in [5.41, 5.74) is 0. The summed E-state index contributed by atoms with van der Waals surface area (Å²) in [6.45, 7) is 0.259. The topological polar surface area (TPSA) is 40.5 Å². The molecule has 2 aliphatic rings. The summed E-state index contributed by atoms with van der Waals surface area (Å²) in [7, 11) is 0. The van der Waals surface area contributed by atoms with Gasteiger partial charge in [0.1, 0.15) is 0 Å². The molecule has 3 nitrogen and oxygen atoms in total. The van der Waals surface area contributed by atoms with Crippen LogP contribution in [0.4, 0.5) is 0 Å². The van der Waals surface area contributed by atoms with E-state index in [9.17, 15) is 4.79 Å². The molecule has 0 atom stereocenters. The van der Waals surface area contributed by atoms with E-state index in [2.05, 4.69) is 4.90 Å². The number of nitrogens with zero attached hydrogens (tertiary/aromatic N) is 1. The first kappa shape index (κ1) is 10.9. The van der Waals surface area contributed by atoms with Crippen molar-refractivity contribution in [3.8, 4) is 0 Å². The Bertz CT molecular complexity index is 202. The molecule has 0 aromatic carbocycles. The van der Waals surface area contributed by atoms with Gasteiger partial charge < -0.3 is 5.11 Å². The summed E-state index contributed by atoms with van der Waals surface area (Å²) in [6.07, 6.45) is 9.99. The zero-order valence-electron chi connectivity index (χ0n) is 9.32. The van der Waals surface area contributed by atoms with Gasteiger partial charge in [0.05, 0.1) is 6.54 Å². The number of hydrogen-bond acceptors (Lipinski definition) is 2. The second kappa shape index (κ2) is 4.97. The first-order valence-corrected chi connectivity index (χ1v) is 6.25. The first-order chi connectivity index (χ1) is 7.27. The second-order valence-corrected chi connectivity index (χ2v) is 4.94. The van der Waals surface area contributed by atoms with Crippen LogP contribution in [0.15, 0.2) is 0 Å². The van der Waals surface area contributed by atoms with E-state index in [0.717, 1.165) is 0 Å². The fourth-order valence-corrected chi connectivity index (χ4v) is 3.18. The molecule has 2 fully saturated rings. The third-order valence-electron chi connectivity index (χ3n) is 3.91. The molecule has 0 spiro atoms. The van der Waals surface area contributed by atoms with Crippen LogP contribution in [0.25, 0.3) is 0 Å². The number of aliphatic carboxylic acids is 1. The van der Waals surface area contributed by atoms with Gasteiger partial charge in [-0.25, -0.2) is 0 Å². The number of carboxylic acids is 1. The van der Waals surface area contributed by atoms with Crippen LogP contribution in [0.5, 0.6) is 0 Å². The van der Waals surface area contributed by atoms with Crippen LogP contribution in [0.3, 0.4) is 0 Å². The molecule has 0 amide bonds. The van der Waals surface area contributed by atoms with Crippen LogP contribution in [0, 0.1) is 0 Å². The number of rotatable bonds is 4. The van der Waals surface area contributed by atoms with Crippen molar-refractivity contribution in [2.45, 2.75) is 63.5 Å². The fraction of sp³-hybridized carbons (Fsp3) is 0.917. The van der Waals surface area contributed by atoms with E-state index in [1.54, 1.807) is 0 Å². The Morgan fingerprint density at radius 1 is 1.00 bits per heavy atom. The quantitative estimate of drug-likeness (QED) is 0.775. The molecule has 3 heteroatoms. The summed E-state index contributed by atoms with van der Waals surface area (Å²) in [5.74, 6) is -0.659. The zero-order chi connectivity index (χ0) is 10.7. The summed E-state index contributed by atoms with van der Waals surface area (Å²) in [6, 6.07) is 1.12. The highest BCUT2D eigenvalue weighted by Gasteiger charge is 2.31. The van der Waals surface area contributed by atoms with Gasteiger partial charge in [-0.1, -0.05) is 25.7 Å². The Morgan fingerprint density at radius 3 is 1.73 bits per heavy atom. The van der Waals surface area contributed by atoms with Crippen molar-refractivity contribution in [1.29, 1.82) is 0 Å². The summed E-state index contributed by atoms with van der Waals surface area (Å²) in [4.78, 5) is 13.2. The molecule has 0 bridgehead atoms. The average molecular weight is 211 g/mol. The van der Waals surface area contributed by atoms with E-state index in [1.165, 1.54) is 51.4 Å². The maximum atomic E-state index is 10.9. The van der Waals surface area contributed by atoms with Crippen LogP contribution in [0.2, 0.25) is 0 Å². The predicted molar refractivity (Wildman–Crippen MR) is 58.9 cm³/mol. The van der Waals surface area contributed by atoms with Crippen molar-refractivity contribution >= 4 is 5.97 Å². The fourth-order valence-electron chi connectivity index (χ4n) is 3.18. The van der Waals surface area contributed by atoms with Gasteiger partial charge in [0.25, 0.3) is 0 Å². The van der Waals surface area contributed by atoms with E-state index >= 15 is 0 Å². The Balaban J connectivity index is 1.97. The molecular weight excluding hydrogens is 190 g/mol.